The Hall–Kier alpha value is 0.280. The summed E-state index contributed by atoms with van der Waals surface area (Å²) >= 11 is 16.4. The number of hydrogen-bond acceptors (Lipinski definition) is 0. The van der Waals surface area contributed by atoms with Gasteiger partial charge in [-0.25, -0.2) is 0 Å². The molecule has 3 rings (SSSR count). The van der Waals surface area contributed by atoms with E-state index in [0.29, 0.717) is 11.8 Å². The minimum atomic E-state index is -0.0674. The zero-order valence-corrected chi connectivity index (χ0v) is 14.7. The summed E-state index contributed by atoms with van der Waals surface area (Å²) < 4.78 is 1.11. The quantitative estimate of drug-likeness (QED) is 0.554. The molecule has 110 valence electrons. The zero-order valence-electron chi connectivity index (χ0n) is 11.6. The molecule has 2 fully saturated rings. The van der Waals surface area contributed by atoms with Crippen molar-refractivity contribution >= 4 is 39.1 Å². The molecule has 0 N–H and O–H groups in total. The molecule has 2 saturated carbocycles. The van der Waals surface area contributed by atoms with Crippen LogP contribution in [0.15, 0.2) is 28.7 Å². The maximum Gasteiger partial charge on any atom is 0.0332 e. The molecule has 1 aromatic rings. The van der Waals surface area contributed by atoms with Crippen molar-refractivity contribution in [1.82, 2.24) is 0 Å². The lowest BCUT2D eigenvalue weighted by molar-refractivity contribution is 0.263. The molecule has 3 heteroatoms. The molecule has 0 spiro atoms. The van der Waals surface area contributed by atoms with Crippen LogP contribution in [0.1, 0.15) is 37.7 Å². The number of benzene rings is 1. The van der Waals surface area contributed by atoms with Crippen molar-refractivity contribution in [3.63, 3.8) is 0 Å². The van der Waals surface area contributed by atoms with Crippen LogP contribution in [-0.4, -0.2) is 11.8 Å². The highest BCUT2D eigenvalue weighted by atomic mass is 79.9. The summed E-state index contributed by atoms with van der Waals surface area (Å²) in [7, 11) is 0. The summed E-state index contributed by atoms with van der Waals surface area (Å²) in [5.41, 5.74) is 1.22. The molecule has 0 nitrogen and oxygen atoms in total. The van der Waals surface area contributed by atoms with Crippen LogP contribution in [0.25, 0.3) is 0 Å². The number of halogens is 3. The van der Waals surface area contributed by atoms with E-state index in [1.807, 2.05) is 0 Å². The molecule has 3 atom stereocenters. The molecule has 0 amide bonds. The predicted octanol–water partition coefficient (Wildman–Crippen LogP) is 5.99. The second-order valence-electron chi connectivity index (χ2n) is 6.70. The van der Waals surface area contributed by atoms with Gasteiger partial charge in [-0.1, -0.05) is 34.5 Å². The van der Waals surface area contributed by atoms with Crippen molar-refractivity contribution in [1.29, 1.82) is 0 Å². The smallest absolute Gasteiger partial charge is 0.0332 e. The first-order chi connectivity index (χ1) is 9.66. The fourth-order valence-corrected chi connectivity index (χ4v) is 5.58. The molecule has 0 heterocycles. The molecular weight excluding hydrogens is 355 g/mol. The molecule has 2 aliphatic carbocycles. The average molecular weight is 376 g/mol. The van der Waals surface area contributed by atoms with E-state index < -0.39 is 0 Å². The number of hydrogen-bond donors (Lipinski definition) is 0. The lowest BCUT2D eigenvalue weighted by atomic mass is 9.72. The molecule has 2 bridgehead atoms. The Balaban J connectivity index is 1.84. The SMILES string of the molecule is ClCC(CCl)(CC1CC2CCC1C2)c1cccc(Br)c1. The minimum absolute atomic E-state index is 0.0674. The summed E-state index contributed by atoms with van der Waals surface area (Å²) in [6, 6.07) is 8.53. The van der Waals surface area contributed by atoms with Crippen molar-refractivity contribution in [3.05, 3.63) is 34.3 Å². The van der Waals surface area contributed by atoms with E-state index in [0.717, 1.165) is 28.6 Å². The van der Waals surface area contributed by atoms with Gasteiger partial charge in [-0.15, -0.1) is 23.2 Å². The van der Waals surface area contributed by atoms with Crippen molar-refractivity contribution in [2.45, 2.75) is 37.5 Å². The Morgan fingerprint density at radius 1 is 1.15 bits per heavy atom. The molecule has 20 heavy (non-hydrogen) atoms. The number of alkyl halides is 2. The summed E-state index contributed by atoms with van der Waals surface area (Å²) in [5.74, 6) is 3.96. The first kappa shape index (κ1) is 15.2. The first-order valence-corrected chi connectivity index (χ1v) is 9.41. The third-order valence-corrected chi connectivity index (χ3v) is 7.00. The van der Waals surface area contributed by atoms with Gasteiger partial charge in [-0.2, -0.15) is 0 Å². The van der Waals surface area contributed by atoms with Crippen LogP contribution in [0.5, 0.6) is 0 Å². The molecule has 0 aliphatic heterocycles. The molecule has 0 aromatic heterocycles. The maximum atomic E-state index is 6.39. The Morgan fingerprint density at radius 3 is 2.50 bits per heavy atom. The zero-order chi connectivity index (χ0) is 14.2. The van der Waals surface area contributed by atoms with Crippen LogP contribution in [-0.2, 0) is 5.41 Å². The van der Waals surface area contributed by atoms with Gasteiger partial charge in [-0.05, 0) is 61.1 Å². The Labute approximate surface area is 140 Å². The summed E-state index contributed by atoms with van der Waals surface area (Å²) in [6.45, 7) is 0. The van der Waals surface area contributed by atoms with E-state index in [9.17, 15) is 0 Å². The normalized spacial score (nSPS) is 29.1. The molecule has 2 aliphatic rings. The van der Waals surface area contributed by atoms with Crippen molar-refractivity contribution in [2.75, 3.05) is 11.8 Å². The van der Waals surface area contributed by atoms with Crippen molar-refractivity contribution < 1.29 is 0 Å². The lowest BCUT2D eigenvalue weighted by Crippen LogP contribution is -2.34. The monoisotopic (exact) mass is 374 g/mol. The van der Waals surface area contributed by atoms with Gasteiger partial charge in [0.05, 0.1) is 0 Å². The second kappa shape index (κ2) is 6.18. The second-order valence-corrected chi connectivity index (χ2v) is 8.15. The average Bonchev–Trinajstić information content (AvgIpc) is 3.07. The van der Waals surface area contributed by atoms with E-state index in [1.165, 1.54) is 31.2 Å². The molecular formula is C17H21BrCl2. The first-order valence-electron chi connectivity index (χ1n) is 7.55. The largest absolute Gasteiger partial charge is 0.126 e. The van der Waals surface area contributed by atoms with Gasteiger partial charge in [0, 0.05) is 21.6 Å². The van der Waals surface area contributed by atoms with E-state index >= 15 is 0 Å². The molecule has 1 aromatic carbocycles. The van der Waals surface area contributed by atoms with Crippen LogP contribution >= 0.6 is 39.1 Å². The van der Waals surface area contributed by atoms with Gasteiger partial charge in [-0.3, -0.25) is 0 Å². The third-order valence-electron chi connectivity index (χ3n) is 5.49. The fraction of sp³-hybridized carbons (Fsp3) is 0.647. The van der Waals surface area contributed by atoms with Crippen LogP contribution in [0.4, 0.5) is 0 Å². The summed E-state index contributed by atoms with van der Waals surface area (Å²) in [4.78, 5) is 0. The van der Waals surface area contributed by atoms with Gasteiger partial charge in [0.2, 0.25) is 0 Å². The molecule has 3 unspecified atom stereocenters. The van der Waals surface area contributed by atoms with Gasteiger partial charge in [0.1, 0.15) is 0 Å². The van der Waals surface area contributed by atoms with E-state index in [-0.39, 0.29) is 5.41 Å². The predicted molar refractivity (Wildman–Crippen MR) is 90.8 cm³/mol. The highest BCUT2D eigenvalue weighted by molar-refractivity contribution is 9.10. The Bertz CT molecular complexity index is 470. The number of rotatable bonds is 5. The number of fused-ring (bicyclic) bond motifs is 2. The van der Waals surface area contributed by atoms with Crippen LogP contribution in [0.3, 0.4) is 0 Å². The van der Waals surface area contributed by atoms with E-state index in [4.69, 9.17) is 23.2 Å². The Kier molecular flexibility index (Phi) is 4.69. The van der Waals surface area contributed by atoms with Crippen molar-refractivity contribution in [3.8, 4) is 0 Å². The highest BCUT2D eigenvalue weighted by Gasteiger charge is 2.44. The van der Waals surface area contributed by atoms with Crippen LogP contribution in [0, 0.1) is 17.8 Å². The van der Waals surface area contributed by atoms with Gasteiger partial charge >= 0.3 is 0 Å². The van der Waals surface area contributed by atoms with Crippen LogP contribution < -0.4 is 0 Å². The van der Waals surface area contributed by atoms with Gasteiger partial charge in [0.25, 0.3) is 0 Å². The maximum absolute atomic E-state index is 6.39. The van der Waals surface area contributed by atoms with E-state index in [1.54, 1.807) is 0 Å². The topological polar surface area (TPSA) is 0 Å². The van der Waals surface area contributed by atoms with Crippen molar-refractivity contribution in [2.24, 2.45) is 17.8 Å². The van der Waals surface area contributed by atoms with E-state index in [2.05, 4.69) is 40.2 Å². The fourth-order valence-electron chi connectivity index (χ4n) is 4.36. The highest BCUT2D eigenvalue weighted by Crippen LogP contribution is 2.52. The molecule has 0 radical (unpaired) electrons. The minimum Gasteiger partial charge on any atom is -0.126 e. The molecule has 0 saturated heterocycles. The van der Waals surface area contributed by atoms with Crippen LogP contribution in [0.2, 0.25) is 0 Å². The van der Waals surface area contributed by atoms with Gasteiger partial charge in [0.15, 0.2) is 0 Å². The third kappa shape index (κ3) is 2.78. The van der Waals surface area contributed by atoms with Gasteiger partial charge < -0.3 is 0 Å². The Morgan fingerprint density at radius 2 is 1.95 bits per heavy atom. The summed E-state index contributed by atoms with van der Waals surface area (Å²) in [6.07, 6.45) is 6.87. The summed E-state index contributed by atoms with van der Waals surface area (Å²) in [5, 5.41) is 0. The lowest BCUT2D eigenvalue weighted by Gasteiger charge is -2.36. The standard InChI is InChI=1S/C17H21BrCl2/c18-16-3-1-2-15(8-16)17(10-19,11-20)9-14-7-12-4-5-13(14)6-12/h1-3,8,12-14H,4-7,9-11H2.